The summed E-state index contributed by atoms with van der Waals surface area (Å²) in [6, 6.07) is -0.822. The van der Waals surface area contributed by atoms with Crippen molar-refractivity contribution < 1.29 is 31.1 Å². The third-order valence-electron chi connectivity index (χ3n) is 1.73. The van der Waals surface area contributed by atoms with Crippen molar-refractivity contribution in [1.29, 1.82) is 0 Å². The highest BCUT2D eigenvalue weighted by molar-refractivity contribution is 4.77. The fourth-order valence-corrected chi connectivity index (χ4v) is 1.05. The second-order valence-electron chi connectivity index (χ2n) is 3.35. The van der Waals surface area contributed by atoms with Crippen LogP contribution in [0.15, 0.2) is 0 Å². The van der Waals surface area contributed by atoms with Gasteiger partial charge in [0, 0.05) is 6.04 Å². The minimum atomic E-state index is -5.47. The fraction of sp³-hybridized carbons (Fsp3) is 1.00. The summed E-state index contributed by atoms with van der Waals surface area (Å²) in [7, 11) is 0. The average Bonchev–Trinajstić information content (AvgIpc) is 1.99. The predicted molar refractivity (Wildman–Crippen MR) is 44.7 cm³/mol. The van der Waals surface area contributed by atoms with E-state index in [2.05, 4.69) is 4.74 Å². The van der Waals surface area contributed by atoms with E-state index in [1.807, 2.05) is 0 Å². The maximum absolute atomic E-state index is 12.0. The molecule has 0 aromatic rings. The number of ether oxygens (including phenoxy) is 1. The lowest BCUT2D eigenvalue weighted by molar-refractivity contribution is -0.322. The first-order valence-corrected chi connectivity index (χ1v) is 4.59. The van der Waals surface area contributed by atoms with Crippen molar-refractivity contribution in [1.82, 2.24) is 0 Å². The average molecular weight is 253 g/mol. The Bertz CT molecular complexity index is 188. The summed E-state index contributed by atoms with van der Waals surface area (Å²) in [5.74, 6) is 0. The van der Waals surface area contributed by atoms with E-state index in [4.69, 9.17) is 5.73 Å². The number of alkyl halides is 6. The zero-order valence-electron chi connectivity index (χ0n) is 8.53. The molecule has 0 spiro atoms. The molecule has 0 saturated heterocycles. The van der Waals surface area contributed by atoms with Gasteiger partial charge in [-0.2, -0.15) is 26.3 Å². The summed E-state index contributed by atoms with van der Waals surface area (Å²) >= 11 is 0. The molecule has 0 aromatic heterocycles. The van der Waals surface area contributed by atoms with Crippen LogP contribution in [0.1, 0.15) is 19.8 Å². The predicted octanol–water partition coefficient (Wildman–Crippen LogP) is 2.62. The van der Waals surface area contributed by atoms with E-state index in [1.165, 1.54) is 0 Å². The summed E-state index contributed by atoms with van der Waals surface area (Å²) in [5, 5.41) is 0. The highest BCUT2D eigenvalue weighted by atomic mass is 19.4. The van der Waals surface area contributed by atoms with Gasteiger partial charge in [-0.3, -0.25) is 0 Å². The van der Waals surface area contributed by atoms with Gasteiger partial charge in [-0.25, -0.2) is 0 Å². The van der Waals surface area contributed by atoms with E-state index >= 15 is 0 Å². The molecule has 0 radical (unpaired) electrons. The molecule has 0 rings (SSSR count). The quantitative estimate of drug-likeness (QED) is 0.764. The minimum absolute atomic E-state index is 0.308. The van der Waals surface area contributed by atoms with E-state index in [1.54, 1.807) is 6.92 Å². The van der Waals surface area contributed by atoms with Crippen LogP contribution < -0.4 is 5.73 Å². The molecule has 1 unspecified atom stereocenters. The standard InChI is InChI=1S/C8H13F6NO/c1-2-3-5(15)4-16-6(7(9,10)11)8(12,13)14/h5-6H,2-4,15H2,1H3. The Balaban J connectivity index is 4.36. The Hall–Kier alpha value is -0.500. The maximum Gasteiger partial charge on any atom is 0.423 e. The molecule has 0 fully saturated rings. The first-order chi connectivity index (χ1) is 7.09. The van der Waals surface area contributed by atoms with Crippen molar-refractivity contribution >= 4 is 0 Å². The molecular formula is C8H13F6NO. The number of halogens is 6. The third kappa shape index (κ3) is 5.55. The normalized spacial score (nSPS) is 15.6. The Morgan fingerprint density at radius 1 is 1.06 bits per heavy atom. The van der Waals surface area contributed by atoms with Crippen LogP contribution in [0.25, 0.3) is 0 Å². The SMILES string of the molecule is CCCC(N)COC(C(F)(F)F)C(F)(F)F. The summed E-state index contributed by atoms with van der Waals surface area (Å²) in [5.41, 5.74) is 5.26. The van der Waals surface area contributed by atoms with E-state index in [0.717, 1.165) is 0 Å². The molecule has 0 saturated carbocycles. The Morgan fingerprint density at radius 2 is 1.50 bits per heavy atom. The molecule has 98 valence electrons. The van der Waals surface area contributed by atoms with Gasteiger partial charge in [0.2, 0.25) is 6.10 Å². The second kappa shape index (κ2) is 5.72. The number of rotatable bonds is 5. The molecule has 0 aliphatic carbocycles. The van der Waals surface area contributed by atoms with Crippen molar-refractivity contribution in [3.63, 3.8) is 0 Å². The summed E-state index contributed by atoms with van der Waals surface area (Å²) < 4.78 is 75.6. The highest BCUT2D eigenvalue weighted by Crippen LogP contribution is 2.35. The number of nitrogens with two attached hydrogens (primary N) is 1. The molecular weight excluding hydrogens is 240 g/mol. The molecule has 0 aliphatic rings. The van der Waals surface area contributed by atoms with Crippen LogP contribution in [0.4, 0.5) is 26.3 Å². The monoisotopic (exact) mass is 253 g/mol. The molecule has 0 bridgehead atoms. The highest BCUT2D eigenvalue weighted by Gasteiger charge is 2.57. The van der Waals surface area contributed by atoms with Gasteiger partial charge in [0.25, 0.3) is 0 Å². The van der Waals surface area contributed by atoms with E-state index < -0.39 is 31.1 Å². The van der Waals surface area contributed by atoms with Gasteiger partial charge in [0.15, 0.2) is 0 Å². The largest absolute Gasteiger partial charge is 0.423 e. The van der Waals surface area contributed by atoms with Crippen LogP contribution >= 0.6 is 0 Å². The molecule has 0 amide bonds. The Labute approximate surface area is 88.7 Å². The molecule has 2 nitrogen and oxygen atoms in total. The minimum Gasteiger partial charge on any atom is -0.359 e. The van der Waals surface area contributed by atoms with Gasteiger partial charge in [-0.1, -0.05) is 13.3 Å². The lowest BCUT2D eigenvalue weighted by atomic mass is 10.2. The lowest BCUT2D eigenvalue weighted by Gasteiger charge is -2.24. The van der Waals surface area contributed by atoms with Gasteiger partial charge in [0.05, 0.1) is 6.61 Å². The maximum atomic E-state index is 12.0. The molecule has 8 heteroatoms. The van der Waals surface area contributed by atoms with Gasteiger partial charge in [-0.15, -0.1) is 0 Å². The molecule has 0 aromatic carbocycles. The molecule has 2 N–H and O–H groups in total. The topological polar surface area (TPSA) is 35.2 Å². The first kappa shape index (κ1) is 15.5. The van der Waals surface area contributed by atoms with E-state index in [9.17, 15) is 26.3 Å². The van der Waals surface area contributed by atoms with Crippen LogP contribution in [0, 0.1) is 0 Å². The zero-order valence-corrected chi connectivity index (χ0v) is 8.53. The van der Waals surface area contributed by atoms with E-state index in [-0.39, 0.29) is 0 Å². The second-order valence-corrected chi connectivity index (χ2v) is 3.35. The first-order valence-electron chi connectivity index (χ1n) is 4.59. The van der Waals surface area contributed by atoms with Gasteiger partial charge >= 0.3 is 12.4 Å². The number of hydrogen-bond donors (Lipinski definition) is 1. The molecule has 0 heterocycles. The summed E-state index contributed by atoms with van der Waals surface area (Å²) in [6.45, 7) is 0.947. The van der Waals surface area contributed by atoms with Crippen molar-refractivity contribution in [3.05, 3.63) is 0 Å². The Kier molecular flexibility index (Phi) is 5.54. The number of hydrogen-bond acceptors (Lipinski definition) is 2. The Morgan fingerprint density at radius 3 is 1.81 bits per heavy atom. The smallest absolute Gasteiger partial charge is 0.359 e. The summed E-state index contributed by atoms with van der Waals surface area (Å²) in [4.78, 5) is 0. The lowest BCUT2D eigenvalue weighted by Crippen LogP contribution is -2.46. The van der Waals surface area contributed by atoms with Crippen LogP contribution in [0.5, 0.6) is 0 Å². The molecule has 16 heavy (non-hydrogen) atoms. The van der Waals surface area contributed by atoms with Crippen LogP contribution in [0.2, 0.25) is 0 Å². The summed E-state index contributed by atoms with van der Waals surface area (Å²) in [6.07, 6.45) is -13.8. The van der Waals surface area contributed by atoms with Gasteiger partial charge in [-0.05, 0) is 6.42 Å². The van der Waals surface area contributed by atoms with Crippen LogP contribution in [0.3, 0.4) is 0 Å². The molecule has 1 atom stereocenters. The van der Waals surface area contributed by atoms with Gasteiger partial charge in [0.1, 0.15) is 0 Å². The van der Waals surface area contributed by atoms with Crippen molar-refractivity contribution in [2.75, 3.05) is 6.61 Å². The zero-order chi connectivity index (χ0) is 13.0. The van der Waals surface area contributed by atoms with E-state index in [0.29, 0.717) is 12.8 Å². The van der Waals surface area contributed by atoms with Gasteiger partial charge < -0.3 is 10.5 Å². The third-order valence-corrected chi connectivity index (χ3v) is 1.73. The van der Waals surface area contributed by atoms with Crippen LogP contribution in [-0.2, 0) is 4.74 Å². The molecule has 0 aliphatic heterocycles. The van der Waals surface area contributed by atoms with Crippen molar-refractivity contribution in [2.24, 2.45) is 5.73 Å². The van der Waals surface area contributed by atoms with Crippen molar-refractivity contribution in [2.45, 2.75) is 44.3 Å². The van der Waals surface area contributed by atoms with Crippen LogP contribution in [-0.4, -0.2) is 31.1 Å². The fourth-order valence-electron chi connectivity index (χ4n) is 1.05. The van der Waals surface area contributed by atoms with Crippen molar-refractivity contribution in [3.8, 4) is 0 Å².